The highest BCUT2D eigenvalue weighted by molar-refractivity contribution is 5.48. The van der Waals surface area contributed by atoms with E-state index in [2.05, 4.69) is 47.9 Å². The molecule has 0 N–H and O–H groups in total. The van der Waals surface area contributed by atoms with Crippen LogP contribution in [0.5, 0.6) is 0 Å². The number of rotatable bonds is 3. The van der Waals surface area contributed by atoms with Crippen LogP contribution < -0.4 is 4.90 Å². The van der Waals surface area contributed by atoms with Crippen LogP contribution in [0.3, 0.4) is 0 Å². The summed E-state index contributed by atoms with van der Waals surface area (Å²) in [6.07, 6.45) is 6.05. The van der Waals surface area contributed by atoms with Crippen LogP contribution in [-0.4, -0.2) is 37.1 Å². The molecule has 3 fully saturated rings. The van der Waals surface area contributed by atoms with E-state index in [1.54, 1.807) is 0 Å². The van der Waals surface area contributed by atoms with Gasteiger partial charge < -0.3 is 4.90 Å². The Morgan fingerprint density at radius 2 is 1.64 bits per heavy atom. The average molecular weight is 298 g/mol. The zero-order valence-electron chi connectivity index (χ0n) is 14.2. The van der Waals surface area contributed by atoms with Gasteiger partial charge in [0.05, 0.1) is 0 Å². The van der Waals surface area contributed by atoms with Gasteiger partial charge in [0, 0.05) is 37.9 Å². The zero-order valence-corrected chi connectivity index (χ0v) is 14.2. The number of hydrogen-bond acceptors (Lipinski definition) is 2. The highest BCUT2D eigenvalue weighted by Gasteiger charge is 2.42. The fourth-order valence-electron chi connectivity index (χ4n) is 5.04. The molecule has 0 spiro atoms. The summed E-state index contributed by atoms with van der Waals surface area (Å²) in [5, 5.41) is 0. The third-order valence-corrected chi connectivity index (χ3v) is 6.41. The highest BCUT2D eigenvalue weighted by Crippen LogP contribution is 2.46. The van der Waals surface area contributed by atoms with Gasteiger partial charge in [0.1, 0.15) is 0 Å². The Morgan fingerprint density at radius 3 is 2.18 bits per heavy atom. The molecule has 3 aliphatic rings. The molecule has 1 aromatic carbocycles. The quantitative estimate of drug-likeness (QED) is 0.828. The van der Waals surface area contributed by atoms with Crippen LogP contribution >= 0.6 is 0 Å². The van der Waals surface area contributed by atoms with Crippen LogP contribution in [0.2, 0.25) is 0 Å². The minimum atomic E-state index is 0.628. The van der Waals surface area contributed by atoms with Gasteiger partial charge >= 0.3 is 0 Å². The van der Waals surface area contributed by atoms with Gasteiger partial charge in [-0.15, -0.1) is 0 Å². The molecule has 1 aliphatic heterocycles. The van der Waals surface area contributed by atoms with E-state index in [1.807, 2.05) is 0 Å². The molecule has 1 saturated heterocycles. The van der Waals surface area contributed by atoms with Gasteiger partial charge in [0.25, 0.3) is 0 Å². The number of hydrogen-bond donors (Lipinski definition) is 0. The Morgan fingerprint density at radius 1 is 0.909 bits per heavy atom. The first kappa shape index (κ1) is 14.6. The topological polar surface area (TPSA) is 6.48 Å². The molecule has 2 saturated carbocycles. The molecule has 2 nitrogen and oxygen atoms in total. The summed E-state index contributed by atoms with van der Waals surface area (Å²) in [6.45, 7) is 9.47. The van der Waals surface area contributed by atoms with Gasteiger partial charge in [-0.25, -0.2) is 0 Å². The second kappa shape index (κ2) is 5.88. The SMILES string of the molecule is CC(C)c1ccc(N2CCN(C3CC4CCC3C4)CC2)cc1. The maximum absolute atomic E-state index is 2.81. The van der Waals surface area contributed by atoms with Gasteiger partial charge in [-0.2, -0.15) is 0 Å². The van der Waals surface area contributed by atoms with E-state index in [9.17, 15) is 0 Å². The standard InChI is InChI=1S/C20H30N2/c1-15(2)17-5-7-19(8-6-17)21-9-11-22(12-10-21)20-14-16-3-4-18(20)13-16/h5-8,15-16,18,20H,3-4,9-14H2,1-2H3. The highest BCUT2D eigenvalue weighted by atomic mass is 15.3. The van der Waals surface area contributed by atoms with Crippen molar-refractivity contribution >= 4 is 5.69 Å². The smallest absolute Gasteiger partial charge is 0.0367 e. The van der Waals surface area contributed by atoms with Crippen LogP contribution in [0.4, 0.5) is 5.69 Å². The molecule has 2 bridgehead atoms. The molecular weight excluding hydrogens is 268 g/mol. The maximum atomic E-state index is 2.81. The zero-order chi connectivity index (χ0) is 15.1. The maximum Gasteiger partial charge on any atom is 0.0367 e. The Bertz CT molecular complexity index is 499. The van der Waals surface area contributed by atoms with Crippen LogP contribution in [0, 0.1) is 11.8 Å². The van der Waals surface area contributed by atoms with E-state index in [0.717, 1.165) is 17.9 Å². The fraction of sp³-hybridized carbons (Fsp3) is 0.700. The van der Waals surface area contributed by atoms with Crippen LogP contribution in [0.15, 0.2) is 24.3 Å². The summed E-state index contributed by atoms with van der Waals surface area (Å²) in [5.74, 6) is 2.72. The van der Waals surface area contributed by atoms with Crippen molar-refractivity contribution in [1.82, 2.24) is 4.90 Å². The van der Waals surface area contributed by atoms with Crippen molar-refractivity contribution in [2.24, 2.45) is 11.8 Å². The first-order chi connectivity index (χ1) is 10.7. The van der Waals surface area contributed by atoms with Crippen LogP contribution in [0.1, 0.15) is 51.0 Å². The molecule has 22 heavy (non-hydrogen) atoms. The molecule has 4 rings (SSSR count). The lowest BCUT2D eigenvalue weighted by molar-refractivity contribution is 0.135. The fourth-order valence-corrected chi connectivity index (χ4v) is 5.04. The van der Waals surface area contributed by atoms with Crippen molar-refractivity contribution in [3.63, 3.8) is 0 Å². The molecule has 0 radical (unpaired) electrons. The van der Waals surface area contributed by atoms with Gasteiger partial charge in [0.2, 0.25) is 0 Å². The third-order valence-electron chi connectivity index (χ3n) is 6.41. The Labute approximate surface area is 135 Å². The lowest BCUT2D eigenvalue weighted by Gasteiger charge is -2.41. The third kappa shape index (κ3) is 2.67. The summed E-state index contributed by atoms with van der Waals surface area (Å²) in [6, 6.07) is 10.2. The molecule has 1 aromatic rings. The molecule has 3 atom stereocenters. The first-order valence-electron chi connectivity index (χ1n) is 9.29. The minimum Gasteiger partial charge on any atom is -0.369 e. The number of piperazine rings is 1. The van der Waals surface area contributed by atoms with Crippen molar-refractivity contribution in [2.75, 3.05) is 31.1 Å². The predicted molar refractivity (Wildman–Crippen MR) is 93.6 cm³/mol. The van der Waals surface area contributed by atoms with Crippen LogP contribution in [0.25, 0.3) is 0 Å². The van der Waals surface area contributed by atoms with Gasteiger partial charge in [0.15, 0.2) is 0 Å². The molecule has 0 aromatic heterocycles. The van der Waals surface area contributed by atoms with Crippen molar-refractivity contribution < 1.29 is 0 Å². The molecule has 0 amide bonds. The predicted octanol–water partition coefficient (Wildman–Crippen LogP) is 4.12. The van der Waals surface area contributed by atoms with E-state index >= 15 is 0 Å². The van der Waals surface area contributed by atoms with Gasteiger partial charge in [-0.3, -0.25) is 4.90 Å². The normalized spacial score (nSPS) is 32.1. The molecule has 3 unspecified atom stereocenters. The lowest BCUT2D eigenvalue weighted by atomic mass is 9.93. The summed E-state index contributed by atoms with van der Waals surface area (Å²) in [5.41, 5.74) is 2.86. The Kier molecular flexibility index (Phi) is 3.89. The largest absolute Gasteiger partial charge is 0.369 e. The second-order valence-electron chi connectivity index (χ2n) is 8.01. The summed E-state index contributed by atoms with van der Waals surface area (Å²) < 4.78 is 0. The first-order valence-corrected chi connectivity index (χ1v) is 9.29. The van der Waals surface area contributed by atoms with E-state index in [0.29, 0.717) is 5.92 Å². The average Bonchev–Trinajstić information content (AvgIpc) is 3.18. The van der Waals surface area contributed by atoms with Crippen LogP contribution in [-0.2, 0) is 0 Å². The van der Waals surface area contributed by atoms with Crippen molar-refractivity contribution in [2.45, 2.75) is 51.5 Å². The van der Waals surface area contributed by atoms with Crippen molar-refractivity contribution in [3.05, 3.63) is 29.8 Å². The molecule has 1 heterocycles. The summed E-state index contributed by atoms with van der Waals surface area (Å²) in [4.78, 5) is 5.39. The Hall–Kier alpha value is -1.02. The van der Waals surface area contributed by atoms with Gasteiger partial charge in [-0.1, -0.05) is 32.4 Å². The molecule has 2 aliphatic carbocycles. The van der Waals surface area contributed by atoms with E-state index in [1.165, 1.54) is 63.1 Å². The second-order valence-corrected chi connectivity index (χ2v) is 8.01. The van der Waals surface area contributed by atoms with E-state index in [4.69, 9.17) is 0 Å². The number of benzene rings is 1. The number of fused-ring (bicyclic) bond motifs is 2. The monoisotopic (exact) mass is 298 g/mol. The lowest BCUT2D eigenvalue weighted by Crippen LogP contribution is -2.51. The molecule has 2 heteroatoms. The van der Waals surface area contributed by atoms with E-state index in [-0.39, 0.29) is 0 Å². The summed E-state index contributed by atoms with van der Waals surface area (Å²) >= 11 is 0. The Balaban J connectivity index is 1.35. The van der Waals surface area contributed by atoms with Crippen molar-refractivity contribution in [1.29, 1.82) is 0 Å². The van der Waals surface area contributed by atoms with E-state index < -0.39 is 0 Å². The summed E-state index contributed by atoms with van der Waals surface area (Å²) in [7, 11) is 0. The molecule has 120 valence electrons. The van der Waals surface area contributed by atoms with Gasteiger partial charge in [-0.05, 0) is 54.7 Å². The van der Waals surface area contributed by atoms with Crippen molar-refractivity contribution in [3.8, 4) is 0 Å². The molecular formula is C20H30N2. The number of nitrogens with zero attached hydrogens (tertiary/aromatic N) is 2. The minimum absolute atomic E-state index is 0.628. The number of anilines is 1.